The lowest BCUT2D eigenvalue weighted by Crippen LogP contribution is -2.39. The zero-order valence-corrected chi connectivity index (χ0v) is 14.4. The lowest BCUT2D eigenvalue weighted by atomic mass is 10.1. The summed E-state index contributed by atoms with van der Waals surface area (Å²) in [4.78, 5) is 6.33. The van der Waals surface area contributed by atoms with Crippen molar-refractivity contribution in [3.05, 3.63) is 29.8 Å². The van der Waals surface area contributed by atoms with Crippen molar-refractivity contribution in [2.24, 2.45) is 4.99 Å². The monoisotopic (exact) mass is 306 g/mol. The number of benzene rings is 1. The van der Waals surface area contributed by atoms with Crippen LogP contribution in [0.3, 0.4) is 0 Å². The van der Waals surface area contributed by atoms with Crippen LogP contribution in [0.5, 0.6) is 0 Å². The molecule has 1 rings (SSSR count). The number of anilines is 1. The first-order chi connectivity index (χ1) is 10.7. The van der Waals surface area contributed by atoms with Gasteiger partial charge in [0, 0.05) is 53.1 Å². The van der Waals surface area contributed by atoms with Gasteiger partial charge in [-0.05, 0) is 37.5 Å². The molecule has 0 fully saturated rings. The third kappa shape index (κ3) is 7.31. The number of hydrogen-bond acceptors (Lipinski definition) is 3. The van der Waals surface area contributed by atoms with E-state index in [1.807, 2.05) is 6.92 Å². The Morgan fingerprint density at radius 2 is 1.82 bits per heavy atom. The third-order valence-corrected chi connectivity index (χ3v) is 3.34. The molecule has 0 amide bonds. The van der Waals surface area contributed by atoms with E-state index in [9.17, 15) is 0 Å². The van der Waals surface area contributed by atoms with E-state index in [4.69, 9.17) is 4.74 Å². The molecule has 5 heteroatoms. The molecule has 0 aromatic heterocycles. The highest BCUT2D eigenvalue weighted by Gasteiger charge is 1.99. The minimum Gasteiger partial charge on any atom is -0.382 e. The van der Waals surface area contributed by atoms with Gasteiger partial charge in [-0.2, -0.15) is 0 Å². The van der Waals surface area contributed by atoms with Crippen LogP contribution in [-0.4, -0.2) is 53.4 Å². The van der Waals surface area contributed by atoms with Gasteiger partial charge < -0.3 is 20.3 Å². The number of hydrogen-bond donors (Lipinski definition) is 2. The van der Waals surface area contributed by atoms with Crippen LogP contribution < -0.4 is 15.5 Å². The molecule has 0 aliphatic rings. The predicted molar refractivity (Wildman–Crippen MR) is 94.9 cm³/mol. The van der Waals surface area contributed by atoms with Crippen LogP contribution in [-0.2, 0) is 11.2 Å². The number of ether oxygens (including phenoxy) is 1. The van der Waals surface area contributed by atoms with Crippen LogP contribution in [0.15, 0.2) is 29.3 Å². The molecule has 0 saturated carbocycles. The van der Waals surface area contributed by atoms with E-state index in [0.717, 1.165) is 45.1 Å². The molecule has 2 N–H and O–H groups in total. The van der Waals surface area contributed by atoms with Gasteiger partial charge in [0.15, 0.2) is 5.96 Å². The van der Waals surface area contributed by atoms with E-state index >= 15 is 0 Å². The topological polar surface area (TPSA) is 48.9 Å². The van der Waals surface area contributed by atoms with E-state index < -0.39 is 0 Å². The number of guanidine groups is 1. The van der Waals surface area contributed by atoms with Crippen LogP contribution in [0.1, 0.15) is 18.9 Å². The average molecular weight is 306 g/mol. The van der Waals surface area contributed by atoms with Crippen molar-refractivity contribution in [2.75, 3.05) is 52.3 Å². The Labute approximate surface area is 134 Å². The first-order valence-corrected chi connectivity index (χ1v) is 7.96. The molecule has 0 heterocycles. The maximum Gasteiger partial charge on any atom is 0.190 e. The molecule has 124 valence electrons. The molecule has 1 aromatic rings. The quantitative estimate of drug-likeness (QED) is 0.415. The summed E-state index contributed by atoms with van der Waals surface area (Å²) in [7, 11) is 5.90. The molecule has 0 unspecified atom stereocenters. The first-order valence-electron chi connectivity index (χ1n) is 7.96. The molecule has 0 saturated heterocycles. The number of nitrogens with one attached hydrogen (secondary N) is 2. The Kier molecular flexibility index (Phi) is 9.07. The summed E-state index contributed by atoms with van der Waals surface area (Å²) in [5.41, 5.74) is 2.55. The molecule has 22 heavy (non-hydrogen) atoms. The van der Waals surface area contributed by atoms with Crippen LogP contribution in [0, 0.1) is 0 Å². The Balaban J connectivity index is 2.23. The Bertz CT molecular complexity index is 429. The van der Waals surface area contributed by atoms with Crippen LogP contribution in [0.25, 0.3) is 0 Å². The maximum absolute atomic E-state index is 5.31. The van der Waals surface area contributed by atoms with Gasteiger partial charge in [-0.25, -0.2) is 0 Å². The third-order valence-electron chi connectivity index (χ3n) is 3.34. The zero-order chi connectivity index (χ0) is 16.2. The lowest BCUT2D eigenvalue weighted by Gasteiger charge is -2.14. The summed E-state index contributed by atoms with van der Waals surface area (Å²) >= 11 is 0. The van der Waals surface area contributed by atoms with Gasteiger partial charge in [-0.15, -0.1) is 0 Å². The normalized spacial score (nSPS) is 11.4. The van der Waals surface area contributed by atoms with Gasteiger partial charge in [0.25, 0.3) is 0 Å². The van der Waals surface area contributed by atoms with E-state index in [1.165, 1.54) is 11.3 Å². The molecular weight excluding hydrogens is 276 g/mol. The minimum absolute atomic E-state index is 0.777. The Morgan fingerprint density at radius 1 is 1.14 bits per heavy atom. The molecule has 0 atom stereocenters. The smallest absolute Gasteiger partial charge is 0.190 e. The fourth-order valence-corrected chi connectivity index (χ4v) is 2.03. The summed E-state index contributed by atoms with van der Waals surface area (Å²) in [6, 6.07) is 8.65. The fourth-order valence-electron chi connectivity index (χ4n) is 2.03. The van der Waals surface area contributed by atoms with Gasteiger partial charge in [-0.3, -0.25) is 4.99 Å². The summed E-state index contributed by atoms with van der Waals surface area (Å²) in [5.74, 6) is 0.849. The van der Waals surface area contributed by atoms with Gasteiger partial charge in [0.1, 0.15) is 0 Å². The van der Waals surface area contributed by atoms with Crippen molar-refractivity contribution in [1.29, 1.82) is 0 Å². The minimum atomic E-state index is 0.777. The average Bonchev–Trinajstić information content (AvgIpc) is 2.53. The standard InChI is InChI=1S/C17H30N4O/c1-5-22-14-6-12-19-17(18-2)20-13-11-15-7-9-16(10-8-15)21(3)4/h7-10H,5-6,11-14H2,1-4H3,(H2,18,19,20). The number of nitrogens with zero attached hydrogens (tertiary/aromatic N) is 2. The molecular formula is C17H30N4O. The van der Waals surface area contributed by atoms with E-state index in [2.05, 4.69) is 58.9 Å². The van der Waals surface area contributed by atoms with Gasteiger partial charge >= 0.3 is 0 Å². The highest BCUT2D eigenvalue weighted by molar-refractivity contribution is 5.79. The van der Waals surface area contributed by atoms with Gasteiger partial charge in [0.2, 0.25) is 0 Å². The van der Waals surface area contributed by atoms with E-state index in [1.54, 1.807) is 7.05 Å². The molecule has 5 nitrogen and oxygen atoms in total. The lowest BCUT2D eigenvalue weighted by molar-refractivity contribution is 0.145. The van der Waals surface area contributed by atoms with Crippen molar-refractivity contribution in [2.45, 2.75) is 19.8 Å². The second-order valence-electron chi connectivity index (χ2n) is 5.29. The van der Waals surface area contributed by atoms with E-state index in [0.29, 0.717) is 0 Å². The fraction of sp³-hybridized carbons (Fsp3) is 0.588. The highest BCUT2D eigenvalue weighted by atomic mass is 16.5. The molecule has 0 spiro atoms. The van der Waals surface area contributed by atoms with Gasteiger partial charge in [0.05, 0.1) is 0 Å². The SMILES string of the molecule is CCOCCCNC(=NC)NCCc1ccc(N(C)C)cc1. The molecule has 0 bridgehead atoms. The number of rotatable bonds is 9. The van der Waals surface area contributed by atoms with Crippen molar-refractivity contribution in [3.8, 4) is 0 Å². The van der Waals surface area contributed by atoms with Gasteiger partial charge in [-0.1, -0.05) is 12.1 Å². The predicted octanol–water partition coefficient (Wildman–Crippen LogP) is 1.89. The van der Waals surface area contributed by atoms with Crippen molar-refractivity contribution in [3.63, 3.8) is 0 Å². The maximum atomic E-state index is 5.31. The van der Waals surface area contributed by atoms with E-state index in [-0.39, 0.29) is 0 Å². The van der Waals surface area contributed by atoms with Crippen molar-refractivity contribution in [1.82, 2.24) is 10.6 Å². The molecule has 1 aromatic carbocycles. The highest BCUT2D eigenvalue weighted by Crippen LogP contribution is 2.12. The van der Waals surface area contributed by atoms with Crippen LogP contribution in [0.2, 0.25) is 0 Å². The first kappa shape index (κ1) is 18.3. The second-order valence-corrected chi connectivity index (χ2v) is 5.29. The summed E-state index contributed by atoms with van der Waals surface area (Å²) < 4.78 is 5.31. The van der Waals surface area contributed by atoms with Crippen LogP contribution in [0.4, 0.5) is 5.69 Å². The molecule has 0 aliphatic carbocycles. The second kappa shape index (κ2) is 10.9. The summed E-state index contributed by atoms with van der Waals surface area (Å²) in [5, 5.41) is 6.62. The zero-order valence-electron chi connectivity index (χ0n) is 14.4. The summed E-state index contributed by atoms with van der Waals surface area (Å²) in [6.45, 7) is 5.32. The molecule has 0 aliphatic heterocycles. The summed E-state index contributed by atoms with van der Waals surface area (Å²) in [6.07, 6.45) is 1.97. The largest absolute Gasteiger partial charge is 0.382 e. The van der Waals surface area contributed by atoms with Crippen molar-refractivity contribution >= 4 is 11.6 Å². The Morgan fingerprint density at radius 3 is 2.41 bits per heavy atom. The molecule has 0 radical (unpaired) electrons. The number of aliphatic imine (C=N–C) groups is 1. The Hall–Kier alpha value is -1.75. The van der Waals surface area contributed by atoms with Crippen LogP contribution >= 0.6 is 0 Å². The van der Waals surface area contributed by atoms with Crippen molar-refractivity contribution < 1.29 is 4.74 Å².